The van der Waals surface area contributed by atoms with Crippen LogP contribution in [0.25, 0.3) is 89.2 Å². The Labute approximate surface area is 493 Å². The number of imidazole rings is 1. The summed E-state index contributed by atoms with van der Waals surface area (Å²) in [5.41, 5.74) is 23.3. The van der Waals surface area contributed by atoms with Gasteiger partial charge in [0.2, 0.25) is 0 Å². The van der Waals surface area contributed by atoms with Gasteiger partial charge < -0.3 is 0 Å². The van der Waals surface area contributed by atoms with E-state index in [4.69, 9.17) is 9.72 Å². The third-order valence-electron chi connectivity index (χ3n) is 16.4. The molecule has 15 rings (SSSR count). The molecular formula is C74H58BN5OPt. The van der Waals surface area contributed by atoms with Crippen LogP contribution >= 0.6 is 0 Å². The molecule has 0 N–H and O–H groups in total. The Balaban J connectivity index is 0.941. The molecule has 0 saturated heterocycles. The van der Waals surface area contributed by atoms with Gasteiger partial charge in [-0.2, -0.15) is 0 Å². The molecule has 0 atom stereocenters. The second kappa shape index (κ2) is 19.6. The summed E-state index contributed by atoms with van der Waals surface area (Å²) in [5, 5.41) is 0. The Hall–Kier alpha value is -9.03. The average Bonchev–Trinajstić information content (AvgIpc) is 3.95. The zero-order chi connectivity index (χ0) is 57.2. The number of para-hydroxylation sites is 6. The van der Waals surface area contributed by atoms with Crippen LogP contribution in [0.5, 0.6) is 11.6 Å². The molecule has 0 bridgehead atoms. The predicted octanol–water partition coefficient (Wildman–Crippen LogP) is 18.5. The topological polar surface area (TPSA) is 38.5 Å². The summed E-state index contributed by atoms with van der Waals surface area (Å²) < 4.78 is 32.1. The van der Waals surface area contributed by atoms with Crippen LogP contribution in [0.4, 0.5) is 22.9 Å². The molecule has 2 aromatic heterocycles. The number of hydrogen-bond donors (Lipinski definition) is 0. The first kappa shape index (κ1) is 47.8. The summed E-state index contributed by atoms with van der Waals surface area (Å²) in [5.74, 6) is 1.50. The van der Waals surface area contributed by atoms with E-state index < -0.39 is 6.37 Å². The van der Waals surface area contributed by atoms with E-state index in [0.717, 1.165) is 87.9 Å². The van der Waals surface area contributed by atoms with E-state index in [1.807, 2.05) is 44.2 Å². The van der Waals surface area contributed by atoms with Gasteiger partial charge in [0.15, 0.2) is 0 Å². The van der Waals surface area contributed by atoms with E-state index >= 15 is 0 Å². The molecule has 3 aliphatic heterocycles. The minimum absolute atomic E-state index is 0.119. The molecule has 8 heteroatoms. The van der Waals surface area contributed by atoms with Gasteiger partial charge in [0.25, 0.3) is 0 Å². The van der Waals surface area contributed by atoms with Crippen LogP contribution < -0.4 is 19.8 Å². The summed E-state index contributed by atoms with van der Waals surface area (Å²) in [6.07, 6.45) is -1.65. The third-order valence-corrected chi connectivity index (χ3v) is 17.5. The normalized spacial score (nSPS) is 13.4. The van der Waals surface area contributed by atoms with Gasteiger partial charge in [-0.25, -0.2) is 0 Å². The number of rotatable bonds is 10. The fourth-order valence-corrected chi connectivity index (χ4v) is 13.9. The number of ether oxygens (including phenoxy) is 1. The molecule has 0 unspecified atom stereocenters. The van der Waals surface area contributed by atoms with Crippen LogP contribution in [-0.2, 0) is 31.1 Å². The van der Waals surface area contributed by atoms with Crippen molar-refractivity contribution in [3.63, 3.8) is 0 Å². The van der Waals surface area contributed by atoms with E-state index in [0.29, 0.717) is 17.2 Å². The summed E-state index contributed by atoms with van der Waals surface area (Å²) in [6, 6.07) is 86.3. The molecule has 5 heterocycles. The van der Waals surface area contributed by atoms with Crippen molar-refractivity contribution in [2.75, 3.05) is 9.62 Å². The molecule has 398 valence electrons. The van der Waals surface area contributed by atoms with Crippen molar-refractivity contribution in [2.45, 2.75) is 46.4 Å². The summed E-state index contributed by atoms with van der Waals surface area (Å²) in [6.45, 7) is 10.6. The van der Waals surface area contributed by atoms with Gasteiger partial charge in [-0.05, 0) is 17.7 Å². The maximum absolute atomic E-state index is 9.51. The van der Waals surface area contributed by atoms with Crippen LogP contribution in [0, 0.1) is 9.72 Å². The SMILES string of the molecule is [2H]C([2H])(c1ccccc1-c1ccc(-n2[c](=[Pt])n(-c3c(-c4ccccc4)cccc3-c3cc(-c4ccccc4)cc(C(C)(C)C)c3)c3ccccc32)cc1Oc1ccc2c(n1)N1B3c4c(cccc4-2)-c2ccccc2N3c2ccccc21)C(C)C. The molecule has 0 spiro atoms. The third kappa shape index (κ3) is 8.11. The van der Waals surface area contributed by atoms with Crippen LogP contribution in [0.2, 0.25) is 0 Å². The summed E-state index contributed by atoms with van der Waals surface area (Å²) in [7, 11) is 0. The van der Waals surface area contributed by atoms with Gasteiger partial charge >= 0.3 is 425 Å². The molecule has 0 fully saturated rings. The Morgan fingerprint density at radius 1 is 0.488 bits per heavy atom. The molecule has 82 heavy (non-hydrogen) atoms. The standard InChI is InChI=1S/C74H58BN5O.Pt/c1-48(2)42-51-26-12-13-27-56(51)60-39-38-55(46-69(60)81-70-41-40-63-62-32-21-31-61-59-28-14-15-33-64(59)79-67-36-18-19-37-68(67)80(73(63)76-70)75(79)71(61)62)77-47-78(66-35-17-16-34-65(66)77)72-57(50-24-10-7-11-25-50)29-20-30-58(72)53-43-52(49-22-8-6-9-23-49)44-54(45-53)74(3,4)5;/h6-41,43-46,48H,42H2,1-5H3;/i42D2;. The first-order valence-corrected chi connectivity index (χ1v) is 29.4. The molecule has 12 aromatic rings. The van der Waals surface area contributed by atoms with E-state index in [1.54, 1.807) is 0 Å². The second-order valence-electron chi connectivity index (χ2n) is 22.9. The number of aromatic nitrogens is 3. The number of anilines is 4. The van der Waals surface area contributed by atoms with E-state index in [2.05, 4.69) is 271 Å². The molecule has 0 aliphatic carbocycles. The van der Waals surface area contributed by atoms with Crippen molar-refractivity contribution in [1.29, 1.82) is 0 Å². The van der Waals surface area contributed by atoms with Crippen molar-refractivity contribution < 1.29 is 26.8 Å². The Kier molecular flexibility index (Phi) is 11.4. The predicted molar refractivity (Wildman–Crippen MR) is 336 cm³/mol. The van der Waals surface area contributed by atoms with E-state index in [9.17, 15) is 2.74 Å². The van der Waals surface area contributed by atoms with Crippen LogP contribution in [0.15, 0.2) is 243 Å². The average molecular weight is 1240 g/mol. The molecule has 0 amide bonds. The number of benzene rings is 10. The Morgan fingerprint density at radius 2 is 1.05 bits per heavy atom. The van der Waals surface area contributed by atoms with Crippen LogP contribution in [0.3, 0.4) is 0 Å². The quantitative estimate of drug-likeness (QED) is 0.128. The zero-order valence-electron chi connectivity index (χ0n) is 48.2. The molecule has 6 nitrogen and oxygen atoms in total. The Morgan fingerprint density at radius 3 is 1.77 bits per heavy atom. The molecule has 0 saturated carbocycles. The van der Waals surface area contributed by atoms with E-state index in [1.165, 1.54) is 39.0 Å². The van der Waals surface area contributed by atoms with Gasteiger partial charge in [-0.1, -0.05) is 42.5 Å². The van der Waals surface area contributed by atoms with E-state index in [-0.39, 0.29) is 18.3 Å². The van der Waals surface area contributed by atoms with Gasteiger partial charge in [0.05, 0.1) is 0 Å². The Bertz CT molecular complexity index is 4700. The number of hydrogen-bond acceptors (Lipinski definition) is 4. The number of pyridine rings is 1. The monoisotopic (exact) mass is 1240 g/mol. The fourth-order valence-electron chi connectivity index (χ4n) is 12.8. The summed E-state index contributed by atoms with van der Waals surface area (Å²) in [4.78, 5) is 10.4. The van der Waals surface area contributed by atoms with Crippen molar-refractivity contribution in [2.24, 2.45) is 5.92 Å². The van der Waals surface area contributed by atoms with Crippen molar-refractivity contribution in [1.82, 2.24) is 14.1 Å². The molecule has 10 aromatic carbocycles. The van der Waals surface area contributed by atoms with Gasteiger partial charge in [-0.15, -0.1) is 0 Å². The molecule has 3 aliphatic rings. The molecular weight excluding hydrogens is 1180 g/mol. The first-order valence-electron chi connectivity index (χ1n) is 29.2. The van der Waals surface area contributed by atoms with Crippen molar-refractivity contribution in [3.8, 4) is 89.8 Å². The maximum atomic E-state index is 9.51. The summed E-state index contributed by atoms with van der Waals surface area (Å²) >= 11 is 2.52. The van der Waals surface area contributed by atoms with Crippen LogP contribution in [-0.4, -0.2) is 21.1 Å². The minimum atomic E-state index is -1.65. The number of fused-ring (bicyclic) bond motifs is 10. The number of nitrogens with zero attached hydrogens (tertiary/aromatic N) is 5. The second-order valence-corrected chi connectivity index (χ2v) is 23.9. The van der Waals surface area contributed by atoms with Gasteiger partial charge in [0.1, 0.15) is 0 Å². The van der Waals surface area contributed by atoms with Gasteiger partial charge in [0, 0.05) is 11.3 Å². The van der Waals surface area contributed by atoms with Crippen molar-refractivity contribution >= 4 is 46.4 Å². The van der Waals surface area contributed by atoms with Crippen LogP contribution in [0.1, 0.15) is 48.5 Å². The van der Waals surface area contributed by atoms with Gasteiger partial charge in [-0.3, -0.25) is 0 Å². The fraction of sp³-hybridized carbons (Fsp3) is 0.108. The van der Waals surface area contributed by atoms with Crippen molar-refractivity contribution in [3.05, 3.63) is 258 Å². The first-order chi connectivity index (χ1) is 40.8. The zero-order valence-corrected chi connectivity index (χ0v) is 48.5. The molecule has 0 radical (unpaired) electrons.